The molecule has 1 fully saturated rings. The fraction of sp³-hybridized carbons (Fsp3) is 0.538. The fourth-order valence-corrected chi connectivity index (χ4v) is 4.39. The van der Waals surface area contributed by atoms with Crippen LogP contribution in [-0.2, 0) is 6.54 Å². The van der Waals surface area contributed by atoms with E-state index < -0.39 is 0 Å². The number of fused-ring (bicyclic) bond motifs is 1. The third-order valence-corrected chi connectivity index (χ3v) is 5.72. The van der Waals surface area contributed by atoms with Crippen molar-refractivity contribution in [2.45, 2.75) is 44.6 Å². The summed E-state index contributed by atoms with van der Waals surface area (Å²) in [6.45, 7) is 0.474. The van der Waals surface area contributed by atoms with Crippen LogP contribution in [0, 0.1) is 0 Å². The van der Waals surface area contributed by atoms with Crippen LogP contribution in [0.1, 0.15) is 48.9 Å². The first kappa shape index (κ1) is 13.3. The fourth-order valence-electron chi connectivity index (χ4n) is 2.85. The second-order valence-corrected chi connectivity index (χ2v) is 7.22. The van der Waals surface area contributed by atoms with E-state index in [1.807, 2.05) is 9.90 Å². The van der Waals surface area contributed by atoms with Gasteiger partial charge in [0.15, 0.2) is 10.8 Å². The van der Waals surface area contributed by atoms with Crippen LogP contribution in [-0.4, -0.2) is 24.8 Å². The van der Waals surface area contributed by atoms with Crippen molar-refractivity contribution < 1.29 is 0 Å². The molecule has 3 aromatic rings. The summed E-state index contributed by atoms with van der Waals surface area (Å²) < 4.78 is 1.91. The maximum atomic E-state index is 5.62. The van der Waals surface area contributed by atoms with Gasteiger partial charge in [-0.05, 0) is 12.8 Å². The summed E-state index contributed by atoms with van der Waals surface area (Å²) >= 11 is 3.12. The molecule has 0 atom stereocenters. The summed E-state index contributed by atoms with van der Waals surface area (Å²) in [5.74, 6) is 1.51. The number of rotatable bonds is 3. The zero-order valence-electron chi connectivity index (χ0n) is 11.5. The highest BCUT2D eigenvalue weighted by Gasteiger charge is 2.23. The lowest BCUT2D eigenvalue weighted by Crippen LogP contribution is -2.09. The van der Waals surface area contributed by atoms with Crippen LogP contribution in [0.5, 0.6) is 0 Å². The van der Waals surface area contributed by atoms with Gasteiger partial charge in [-0.25, -0.2) is 4.98 Å². The van der Waals surface area contributed by atoms with Crippen LogP contribution in [0.25, 0.3) is 15.7 Å². The molecule has 4 rings (SSSR count). The van der Waals surface area contributed by atoms with Gasteiger partial charge in [-0.3, -0.25) is 0 Å². The summed E-state index contributed by atoms with van der Waals surface area (Å²) in [5, 5.41) is 17.2. The molecule has 0 amide bonds. The van der Waals surface area contributed by atoms with Crippen molar-refractivity contribution in [3.05, 3.63) is 16.2 Å². The monoisotopic (exact) mass is 320 g/mol. The lowest BCUT2D eigenvalue weighted by Gasteiger charge is -2.18. The Morgan fingerprint density at radius 2 is 2.10 bits per heavy atom. The number of nitrogens with zero attached hydrogens (tertiary/aromatic N) is 5. The topological polar surface area (TPSA) is 82.0 Å². The zero-order chi connectivity index (χ0) is 14.2. The smallest absolute Gasteiger partial charge is 0.235 e. The molecule has 2 N–H and O–H groups in total. The van der Waals surface area contributed by atoms with Gasteiger partial charge in [-0.2, -0.15) is 9.61 Å². The molecule has 8 heteroatoms. The maximum Gasteiger partial charge on any atom is 0.235 e. The maximum absolute atomic E-state index is 5.62. The van der Waals surface area contributed by atoms with Crippen LogP contribution >= 0.6 is 22.7 Å². The first-order chi connectivity index (χ1) is 10.3. The van der Waals surface area contributed by atoms with Crippen LogP contribution in [0.2, 0.25) is 0 Å². The second-order valence-electron chi connectivity index (χ2n) is 5.33. The quantitative estimate of drug-likeness (QED) is 0.802. The second kappa shape index (κ2) is 5.43. The minimum atomic E-state index is 0.474. The molecule has 0 spiro atoms. The van der Waals surface area contributed by atoms with Crippen LogP contribution in [0.15, 0.2) is 5.38 Å². The van der Waals surface area contributed by atoms with Crippen LogP contribution in [0.4, 0.5) is 0 Å². The van der Waals surface area contributed by atoms with E-state index in [0.29, 0.717) is 12.5 Å². The van der Waals surface area contributed by atoms with E-state index >= 15 is 0 Å². The number of thiazole rings is 1. The molecule has 6 nitrogen and oxygen atoms in total. The molecule has 21 heavy (non-hydrogen) atoms. The van der Waals surface area contributed by atoms with Gasteiger partial charge in [-0.15, -0.1) is 21.5 Å². The highest BCUT2D eigenvalue weighted by atomic mass is 32.1. The van der Waals surface area contributed by atoms with Crippen molar-refractivity contribution in [1.29, 1.82) is 0 Å². The van der Waals surface area contributed by atoms with E-state index in [4.69, 9.17) is 5.73 Å². The van der Waals surface area contributed by atoms with E-state index in [1.165, 1.54) is 32.1 Å². The SMILES string of the molecule is NCc1nc(-c2nn3c(C4CCCCC4)nnc3s2)cs1. The molecule has 0 saturated heterocycles. The van der Waals surface area contributed by atoms with Gasteiger partial charge in [0.1, 0.15) is 10.7 Å². The minimum absolute atomic E-state index is 0.474. The summed E-state index contributed by atoms with van der Waals surface area (Å²) in [5.41, 5.74) is 6.52. The molecule has 0 radical (unpaired) electrons. The van der Waals surface area contributed by atoms with E-state index in [-0.39, 0.29) is 0 Å². The third kappa shape index (κ3) is 2.37. The molecule has 3 heterocycles. The largest absolute Gasteiger partial charge is 0.325 e. The Hall–Kier alpha value is -1.38. The van der Waals surface area contributed by atoms with E-state index in [1.54, 1.807) is 22.7 Å². The normalized spacial score (nSPS) is 16.8. The Morgan fingerprint density at radius 3 is 2.86 bits per heavy atom. The van der Waals surface area contributed by atoms with E-state index in [9.17, 15) is 0 Å². The van der Waals surface area contributed by atoms with Crippen molar-refractivity contribution in [3.8, 4) is 10.7 Å². The number of aromatic nitrogens is 5. The Labute approximate surface area is 130 Å². The van der Waals surface area contributed by atoms with Crippen molar-refractivity contribution in [2.75, 3.05) is 0 Å². The van der Waals surface area contributed by atoms with Crippen molar-refractivity contribution in [3.63, 3.8) is 0 Å². The van der Waals surface area contributed by atoms with E-state index in [2.05, 4.69) is 20.3 Å². The summed E-state index contributed by atoms with van der Waals surface area (Å²) in [6, 6.07) is 0. The predicted molar refractivity (Wildman–Crippen MR) is 83.5 cm³/mol. The molecule has 0 unspecified atom stereocenters. The molecule has 110 valence electrons. The molecule has 1 aliphatic carbocycles. The predicted octanol–water partition coefficient (Wildman–Crippen LogP) is 2.82. The average Bonchev–Trinajstić information content (AvgIpc) is 3.22. The lowest BCUT2D eigenvalue weighted by atomic mass is 9.89. The highest BCUT2D eigenvalue weighted by Crippen LogP contribution is 2.33. The molecule has 0 aliphatic heterocycles. The van der Waals surface area contributed by atoms with Crippen molar-refractivity contribution in [2.24, 2.45) is 5.73 Å². The Kier molecular flexibility index (Phi) is 3.44. The van der Waals surface area contributed by atoms with Gasteiger partial charge in [-0.1, -0.05) is 30.6 Å². The van der Waals surface area contributed by atoms with Gasteiger partial charge < -0.3 is 5.73 Å². The van der Waals surface area contributed by atoms with Crippen LogP contribution in [0.3, 0.4) is 0 Å². The van der Waals surface area contributed by atoms with Crippen molar-refractivity contribution >= 4 is 27.6 Å². The third-order valence-electron chi connectivity index (χ3n) is 3.93. The summed E-state index contributed by atoms with van der Waals surface area (Å²) in [6.07, 6.45) is 6.29. The Bertz CT molecular complexity index is 752. The van der Waals surface area contributed by atoms with Gasteiger partial charge >= 0.3 is 0 Å². The highest BCUT2D eigenvalue weighted by molar-refractivity contribution is 7.20. The van der Waals surface area contributed by atoms with Gasteiger partial charge in [0.2, 0.25) is 4.96 Å². The standard InChI is InChI=1S/C13H16N6S2/c14-6-10-15-9(7-20-10)12-18-19-11(16-17-13(19)21-12)8-4-2-1-3-5-8/h7-8H,1-6,14H2. The van der Waals surface area contributed by atoms with Gasteiger partial charge in [0, 0.05) is 17.8 Å². The zero-order valence-corrected chi connectivity index (χ0v) is 13.2. The first-order valence-electron chi connectivity index (χ1n) is 7.22. The number of hydrogen-bond acceptors (Lipinski definition) is 7. The van der Waals surface area contributed by atoms with Gasteiger partial charge in [0.25, 0.3) is 0 Å². The molecule has 3 aromatic heterocycles. The van der Waals surface area contributed by atoms with Crippen LogP contribution < -0.4 is 5.73 Å². The lowest BCUT2D eigenvalue weighted by molar-refractivity contribution is 0.423. The Morgan fingerprint density at radius 1 is 1.24 bits per heavy atom. The molecule has 0 bridgehead atoms. The molecular weight excluding hydrogens is 304 g/mol. The minimum Gasteiger partial charge on any atom is -0.325 e. The van der Waals surface area contributed by atoms with E-state index in [0.717, 1.165) is 26.5 Å². The summed E-state index contributed by atoms with van der Waals surface area (Å²) in [4.78, 5) is 5.35. The molecule has 0 aromatic carbocycles. The van der Waals surface area contributed by atoms with Crippen molar-refractivity contribution in [1.82, 2.24) is 24.8 Å². The summed E-state index contributed by atoms with van der Waals surface area (Å²) in [7, 11) is 0. The molecule has 1 aliphatic rings. The molecular formula is C13H16N6S2. The first-order valence-corrected chi connectivity index (χ1v) is 8.92. The molecule has 1 saturated carbocycles. The number of hydrogen-bond donors (Lipinski definition) is 1. The van der Waals surface area contributed by atoms with Gasteiger partial charge in [0.05, 0.1) is 0 Å². The number of nitrogens with two attached hydrogens (primary N) is 1. The Balaban J connectivity index is 1.71. The average molecular weight is 320 g/mol.